The highest BCUT2D eigenvalue weighted by molar-refractivity contribution is 5.79. The Bertz CT molecular complexity index is 482. The van der Waals surface area contributed by atoms with Gasteiger partial charge in [-0.15, -0.1) is 0 Å². The number of methoxy groups -OCH3 is 1. The number of benzene rings is 1. The van der Waals surface area contributed by atoms with Crippen molar-refractivity contribution in [1.29, 1.82) is 0 Å². The van der Waals surface area contributed by atoms with Gasteiger partial charge in [0.1, 0.15) is 5.75 Å². The number of guanidine groups is 1. The summed E-state index contributed by atoms with van der Waals surface area (Å²) in [7, 11) is 3.79. The predicted molar refractivity (Wildman–Crippen MR) is 94.2 cm³/mol. The number of hydrogen-bond acceptors (Lipinski definition) is 3. The van der Waals surface area contributed by atoms with Crippen LogP contribution >= 0.6 is 0 Å². The summed E-state index contributed by atoms with van der Waals surface area (Å²) in [6.07, 6.45) is 2.08. The molecule has 5 heteroatoms. The van der Waals surface area contributed by atoms with Gasteiger partial charge in [0, 0.05) is 39.2 Å². The normalized spacial score (nSPS) is 18.0. The minimum Gasteiger partial charge on any atom is -0.497 e. The van der Waals surface area contributed by atoms with Crippen LogP contribution in [0.1, 0.15) is 18.9 Å². The summed E-state index contributed by atoms with van der Waals surface area (Å²) in [4.78, 5) is 6.97. The third-order valence-electron chi connectivity index (χ3n) is 4.07. The van der Waals surface area contributed by atoms with Gasteiger partial charge in [-0.3, -0.25) is 4.99 Å². The highest BCUT2D eigenvalue weighted by atomic mass is 16.5. The summed E-state index contributed by atoms with van der Waals surface area (Å²) in [6, 6.07) is 8.19. The molecule has 1 fully saturated rings. The second-order valence-electron chi connectivity index (χ2n) is 5.94. The van der Waals surface area contributed by atoms with Crippen LogP contribution < -0.4 is 10.1 Å². The average molecular weight is 319 g/mol. The third kappa shape index (κ3) is 5.75. The molecule has 1 aliphatic rings. The van der Waals surface area contributed by atoms with E-state index in [9.17, 15) is 0 Å². The maximum absolute atomic E-state index is 5.46. The van der Waals surface area contributed by atoms with Crippen LogP contribution in [0.3, 0.4) is 0 Å². The maximum Gasteiger partial charge on any atom is 0.193 e. The fourth-order valence-electron chi connectivity index (χ4n) is 2.75. The fraction of sp³-hybridized carbons (Fsp3) is 0.611. The zero-order chi connectivity index (χ0) is 16.5. The molecule has 0 amide bonds. The minimum atomic E-state index is 0.616. The standard InChI is InChI=1S/C18H29N3O2/c1-4-19-18(21(2)13-16-10-12-23-14-16)20-11-9-15-5-7-17(22-3)8-6-15/h5-8,16H,4,9-14H2,1-3H3,(H,19,20). The van der Waals surface area contributed by atoms with Gasteiger partial charge in [0.25, 0.3) is 0 Å². The van der Waals surface area contributed by atoms with Gasteiger partial charge in [0.15, 0.2) is 5.96 Å². The van der Waals surface area contributed by atoms with Crippen molar-refractivity contribution in [2.75, 3.05) is 47.0 Å². The topological polar surface area (TPSA) is 46.1 Å². The van der Waals surface area contributed by atoms with E-state index in [2.05, 4.69) is 36.3 Å². The second kappa shape index (κ2) is 9.40. The van der Waals surface area contributed by atoms with Crippen LogP contribution in [-0.2, 0) is 11.2 Å². The highest BCUT2D eigenvalue weighted by Gasteiger charge is 2.18. The number of rotatable bonds is 7. The van der Waals surface area contributed by atoms with Crippen molar-refractivity contribution >= 4 is 5.96 Å². The summed E-state index contributed by atoms with van der Waals surface area (Å²) in [5, 5.41) is 3.38. The smallest absolute Gasteiger partial charge is 0.193 e. The molecule has 0 saturated carbocycles. The lowest BCUT2D eigenvalue weighted by atomic mass is 10.1. The van der Waals surface area contributed by atoms with Gasteiger partial charge in [-0.25, -0.2) is 0 Å². The molecular formula is C18H29N3O2. The molecule has 23 heavy (non-hydrogen) atoms. The van der Waals surface area contributed by atoms with Crippen molar-refractivity contribution in [3.63, 3.8) is 0 Å². The van der Waals surface area contributed by atoms with Gasteiger partial charge in [0.2, 0.25) is 0 Å². The van der Waals surface area contributed by atoms with Gasteiger partial charge >= 0.3 is 0 Å². The van der Waals surface area contributed by atoms with E-state index in [0.29, 0.717) is 5.92 Å². The van der Waals surface area contributed by atoms with Crippen molar-refractivity contribution < 1.29 is 9.47 Å². The molecular weight excluding hydrogens is 290 g/mol. The lowest BCUT2D eigenvalue weighted by Crippen LogP contribution is -2.41. The van der Waals surface area contributed by atoms with Gasteiger partial charge < -0.3 is 19.7 Å². The molecule has 1 aliphatic heterocycles. The lowest BCUT2D eigenvalue weighted by molar-refractivity contribution is 0.181. The van der Waals surface area contributed by atoms with Crippen LogP contribution in [0.15, 0.2) is 29.3 Å². The van der Waals surface area contributed by atoms with E-state index >= 15 is 0 Å². The Kier molecular flexibility index (Phi) is 7.20. The molecule has 128 valence electrons. The molecule has 0 spiro atoms. The Morgan fingerprint density at radius 1 is 1.39 bits per heavy atom. The number of hydrogen-bond donors (Lipinski definition) is 1. The number of aliphatic imine (C=N–C) groups is 1. The number of nitrogens with one attached hydrogen (secondary N) is 1. The van der Waals surface area contributed by atoms with E-state index in [1.807, 2.05) is 12.1 Å². The van der Waals surface area contributed by atoms with Gasteiger partial charge in [-0.2, -0.15) is 0 Å². The van der Waals surface area contributed by atoms with E-state index in [1.165, 1.54) is 5.56 Å². The number of ether oxygens (including phenoxy) is 2. The third-order valence-corrected chi connectivity index (χ3v) is 4.07. The maximum atomic E-state index is 5.46. The molecule has 1 N–H and O–H groups in total. The molecule has 0 radical (unpaired) electrons. The summed E-state index contributed by atoms with van der Waals surface area (Å²) < 4.78 is 10.6. The van der Waals surface area contributed by atoms with Crippen LogP contribution in [0.5, 0.6) is 5.75 Å². The Morgan fingerprint density at radius 3 is 2.78 bits per heavy atom. The van der Waals surface area contributed by atoms with Crippen molar-refractivity contribution in [2.24, 2.45) is 10.9 Å². The molecule has 1 aromatic rings. The first kappa shape index (κ1) is 17.6. The van der Waals surface area contributed by atoms with Crippen molar-refractivity contribution in [3.05, 3.63) is 29.8 Å². The lowest BCUT2D eigenvalue weighted by Gasteiger charge is -2.24. The summed E-state index contributed by atoms with van der Waals surface area (Å²) >= 11 is 0. The van der Waals surface area contributed by atoms with Crippen LogP contribution in [0, 0.1) is 5.92 Å². The van der Waals surface area contributed by atoms with E-state index in [1.54, 1.807) is 7.11 Å². The second-order valence-corrected chi connectivity index (χ2v) is 5.94. The highest BCUT2D eigenvalue weighted by Crippen LogP contribution is 2.14. The van der Waals surface area contributed by atoms with E-state index in [0.717, 1.165) is 57.4 Å². The van der Waals surface area contributed by atoms with Crippen LogP contribution in [-0.4, -0.2) is 57.9 Å². The molecule has 0 bridgehead atoms. The zero-order valence-electron chi connectivity index (χ0n) is 14.5. The summed E-state index contributed by atoms with van der Waals surface area (Å²) in [6.45, 7) is 6.52. The Hall–Kier alpha value is -1.75. The fourth-order valence-corrected chi connectivity index (χ4v) is 2.75. The van der Waals surface area contributed by atoms with Crippen LogP contribution in [0.2, 0.25) is 0 Å². The average Bonchev–Trinajstić information content (AvgIpc) is 3.07. The molecule has 1 heterocycles. The van der Waals surface area contributed by atoms with Gasteiger partial charge in [0.05, 0.1) is 13.7 Å². The predicted octanol–water partition coefficient (Wildman–Crippen LogP) is 2.17. The molecule has 1 saturated heterocycles. The minimum absolute atomic E-state index is 0.616. The summed E-state index contributed by atoms with van der Waals surface area (Å²) in [5.41, 5.74) is 1.28. The van der Waals surface area contributed by atoms with Crippen LogP contribution in [0.25, 0.3) is 0 Å². The first-order valence-corrected chi connectivity index (χ1v) is 8.43. The van der Waals surface area contributed by atoms with E-state index in [4.69, 9.17) is 14.5 Å². The first-order valence-electron chi connectivity index (χ1n) is 8.43. The number of nitrogens with zero attached hydrogens (tertiary/aromatic N) is 2. The molecule has 2 rings (SSSR count). The zero-order valence-corrected chi connectivity index (χ0v) is 14.5. The van der Waals surface area contributed by atoms with E-state index in [-0.39, 0.29) is 0 Å². The molecule has 0 aromatic heterocycles. The largest absolute Gasteiger partial charge is 0.497 e. The molecule has 1 atom stereocenters. The SMILES string of the molecule is CCNC(=NCCc1ccc(OC)cc1)N(C)CC1CCOC1. The molecule has 0 aliphatic carbocycles. The molecule has 1 aromatic carbocycles. The van der Waals surface area contributed by atoms with Crippen LogP contribution in [0.4, 0.5) is 0 Å². The summed E-state index contributed by atoms with van der Waals surface area (Å²) in [5.74, 6) is 2.49. The Morgan fingerprint density at radius 2 is 2.17 bits per heavy atom. The molecule has 5 nitrogen and oxygen atoms in total. The molecule has 1 unspecified atom stereocenters. The van der Waals surface area contributed by atoms with Gasteiger partial charge in [-0.1, -0.05) is 12.1 Å². The monoisotopic (exact) mass is 319 g/mol. The first-order chi connectivity index (χ1) is 11.2. The Balaban J connectivity index is 1.86. The van der Waals surface area contributed by atoms with Gasteiger partial charge in [-0.05, 0) is 37.5 Å². The van der Waals surface area contributed by atoms with E-state index < -0.39 is 0 Å². The van der Waals surface area contributed by atoms with Crippen molar-refractivity contribution in [3.8, 4) is 5.75 Å². The van der Waals surface area contributed by atoms with Crippen molar-refractivity contribution in [2.45, 2.75) is 19.8 Å². The quantitative estimate of drug-likeness (QED) is 0.618. The van der Waals surface area contributed by atoms with Crippen molar-refractivity contribution in [1.82, 2.24) is 10.2 Å². The Labute approximate surface area is 139 Å².